The molecule has 2 rings (SSSR count). The van der Waals surface area contributed by atoms with Crippen molar-refractivity contribution in [2.24, 2.45) is 0 Å². The standard InChI is InChI=1S/C10H18N2O3/c13-6-8(14)5-12-4-3-9(10(12)15)11-7-1-2-7/h7-9,11,13-14H,1-6H2. The zero-order chi connectivity index (χ0) is 10.8. The maximum atomic E-state index is 11.8. The molecular formula is C10H18N2O3. The van der Waals surface area contributed by atoms with E-state index in [9.17, 15) is 9.90 Å². The van der Waals surface area contributed by atoms with Crippen LogP contribution in [0.4, 0.5) is 0 Å². The minimum atomic E-state index is -0.811. The summed E-state index contributed by atoms with van der Waals surface area (Å²) in [7, 11) is 0. The van der Waals surface area contributed by atoms with Crippen LogP contribution in [0.2, 0.25) is 0 Å². The van der Waals surface area contributed by atoms with Crippen molar-refractivity contribution in [1.82, 2.24) is 10.2 Å². The Morgan fingerprint density at radius 2 is 2.20 bits per heavy atom. The average Bonchev–Trinajstić information content (AvgIpc) is 2.98. The number of amides is 1. The molecule has 1 saturated heterocycles. The number of nitrogens with zero attached hydrogens (tertiary/aromatic N) is 1. The van der Waals surface area contributed by atoms with Gasteiger partial charge in [-0.3, -0.25) is 4.79 Å². The van der Waals surface area contributed by atoms with Crippen molar-refractivity contribution in [2.75, 3.05) is 19.7 Å². The highest BCUT2D eigenvalue weighted by Crippen LogP contribution is 2.22. The van der Waals surface area contributed by atoms with Crippen molar-refractivity contribution in [1.29, 1.82) is 0 Å². The highest BCUT2D eigenvalue weighted by Gasteiger charge is 2.35. The van der Waals surface area contributed by atoms with Crippen LogP contribution >= 0.6 is 0 Å². The van der Waals surface area contributed by atoms with Gasteiger partial charge in [0.15, 0.2) is 0 Å². The first-order valence-electron chi connectivity index (χ1n) is 5.54. The molecule has 2 atom stereocenters. The largest absolute Gasteiger partial charge is 0.394 e. The number of carbonyl (C=O) groups excluding carboxylic acids is 1. The molecule has 0 aromatic carbocycles. The summed E-state index contributed by atoms with van der Waals surface area (Å²) in [5.74, 6) is 0.0643. The van der Waals surface area contributed by atoms with Gasteiger partial charge >= 0.3 is 0 Å². The van der Waals surface area contributed by atoms with E-state index >= 15 is 0 Å². The zero-order valence-electron chi connectivity index (χ0n) is 8.72. The third-order valence-electron chi connectivity index (χ3n) is 2.95. The molecule has 1 heterocycles. The molecule has 2 fully saturated rings. The Morgan fingerprint density at radius 1 is 1.47 bits per heavy atom. The number of hydrogen-bond acceptors (Lipinski definition) is 4. The minimum Gasteiger partial charge on any atom is -0.394 e. The van der Waals surface area contributed by atoms with E-state index in [0.717, 1.165) is 6.42 Å². The van der Waals surface area contributed by atoms with Gasteiger partial charge in [-0.1, -0.05) is 0 Å². The Morgan fingerprint density at radius 3 is 2.80 bits per heavy atom. The van der Waals surface area contributed by atoms with Crippen LogP contribution in [0.3, 0.4) is 0 Å². The topological polar surface area (TPSA) is 72.8 Å². The molecule has 0 aromatic rings. The number of rotatable bonds is 5. The van der Waals surface area contributed by atoms with E-state index in [2.05, 4.69) is 5.32 Å². The Bertz CT molecular complexity index is 243. The highest BCUT2D eigenvalue weighted by atomic mass is 16.3. The summed E-state index contributed by atoms with van der Waals surface area (Å²) in [5, 5.41) is 21.2. The second-order valence-corrected chi connectivity index (χ2v) is 4.40. The van der Waals surface area contributed by atoms with Crippen molar-refractivity contribution >= 4 is 5.91 Å². The van der Waals surface area contributed by atoms with Gasteiger partial charge in [-0.2, -0.15) is 0 Å². The van der Waals surface area contributed by atoms with Crippen LogP contribution in [0.5, 0.6) is 0 Å². The van der Waals surface area contributed by atoms with Crippen molar-refractivity contribution < 1.29 is 15.0 Å². The lowest BCUT2D eigenvalue weighted by atomic mass is 10.2. The third kappa shape index (κ3) is 2.68. The van der Waals surface area contributed by atoms with Crippen molar-refractivity contribution in [3.63, 3.8) is 0 Å². The molecule has 1 saturated carbocycles. The lowest BCUT2D eigenvalue weighted by Gasteiger charge is -2.19. The molecule has 0 bridgehead atoms. The fraction of sp³-hybridized carbons (Fsp3) is 0.900. The second-order valence-electron chi connectivity index (χ2n) is 4.40. The van der Waals surface area contributed by atoms with Gasteiger partial charge in [0, 0.05) is 19.1 Å². The smallest absolute Gasteiger partial charge is 0.239 e. The van der Waals surface area contributed by atoms with Gasteiger partial charge in [-0.25, -0.2) is 0 Å². The van der Waals surface area contributed by atoms with Crippen molar-refractivity contribution in [3.05, 3.63) is 0 Å². The maximum absolute atomic E-state index is 11.8. The van der Waals surface area contributed by atoms with Crippen LogP contribution in [0.15, 0.2) is 0 Å². The number of carbonyl (C=O) groups is 1. The van der Waals surface area contributed by atoms with E-state index in [0.29, 0.717) is 12.6 Å². The molecule has 2 aliphatic rings. The van der Waals surface area contributed by atoms with Gasteiger partial charge < -0.3 is 20.4 Å². The van der Waals surface area contributed by atoms with Crippen LogP contribution < -0.4 is 5.32 Å². The molecule has 5 heteroatoms. The van der Waals surface area contributed by atoms with Gasteiger partial charge in [-0.15, -0.1) is 0 Å². The third-order valence-corrected chi connectivity index (χ3v) is 2.95. The van der Waals surface area contributed by atoms with Crippen LogP contribution in [-0.2, 0) is 4.79 Å². The molecule has 1 aliphatic heterocycles. The summed E-state index contributed by atoms with van der Waals surface area (Å²) in [6.45, 7) is 0.642. The van der Waals surface area contributed by atoms with Crippen LogP contribution in [0.1, 0.15) is 19.3 Å². The fourth-order valence-electron chi connectivity index (χ4n) is 1.92. The Kier molecular flexibility index (Phi) is 3.23. The summed E-state index contributed by atoms with van der Waals surface area (Å²) in [6, 6.07) is 0.463. The Labute approximate surface area is 89.1 Å². The van der Waals surface area contributed by atoms with Gasteiger partial charge in [0.2, 0.25) is 5.91 Å². The molecule has 1 aliphatic carbocycles. The monoisotopic (exact) mass is 214 g/mol. The van der Waals surface area contributed by atoms with Crippen molar-refractivity contribution in [3.8, 4) is 0 Å². The Hall–Kier alpha value is -0.650. The van der Waals surface area contributed by atoms with Crippen molar-refractivity contribution in [2.45, 2.75) is 37.5 Å². The number of nitrogens with one attached hydrogen (secondary N) is 1. The molecule has 0 radical (unpaired) electrons. The van der Waals surface area contributed by atoms with E-state index in [1.165, 1.54) is 12.8 Å². The van der Waals surface area contributed by atoms with E-state index in [-0.39, 0.29) is 25.1 Å². The van der Waals surface area contributed by atoms with E-state index in [1.54, 1.807) is 4.90 Å². The molecule has 86 valence electrons. The van der Waals surface area contributed by atoms with Gasteiger partial charge in [0.05, 0.1) is 18.8 Å². The summed E-state index contributed by atoms with van der Waals surface area (Å²) < 4.78 is 0. The lowest BCUT2D eigenvalue weighted by molar-refractivity contribution is -0.130. The fourth-order valence-corrected chi connectivity index (χ4v) is 1.92. The first-order chi connectivity index (χ1) is 7.20. The van der Waals surface area contributed by atoms with Gasteiger partial charge in [-0.05, 0) is 19.3 Å². The average molecular weight is 214 g/mol. The maximum Gasteiger partial charge on any atom is 0.239 e. The quantitative estimate of drug-likeness (QED) is 0.531. The van der Waals surface area contributed by atoms with E-state index in [4.69, 9.17) is 5.11 Å². The lowest BCUT2D eigenvalue weighted by Crippen LogP contribution is -2.42. The van der Waals surface area contributed by atoms with Crippen LogP contribution in [0.25, 0.3) is 0 Å². The molecule has 0 aromatic heterocycles. The van der Waals surface area contributed by atoms with Crippen LogP contribution in [0, 0.1) is 0 Å². The molecular weight excluding hydrogens is 196 g/mol. The van der Waals surface area contributed by atoms with Crippen LogP contribution in [-0.4, -0.2) is 58.9 Å². The molecule has 5 nitrogen and oxygen atoms in total. The SMILES string of the molecule is O=C1C(NC2CC2)CCN1CC(O)CO. The van der Waals surface area contributed by atoms with E-state index < -0.39 is 6.10 Å². The summed E-state index contributed by atoms with van der Waals surface area (Å²) in [6.07, 6.45) is 2.34. The summed E-state index contributed by atoms with van der Waals surface area (Å²) in [5.41, 5.74) is 0. The summed E-state index contributed by atoms with van der Waals surface area (Å²) in [4.78, 5) is 13.4. The predicted octanol–water partition coefficient (Wildman–Crippen LogP) is -1.31. The van der Waals surface area contributed by atoms with Gasteiger partial charge in [0.1, 0.15) is 0 Å². The molecule has 15 heavy (non-hydrogen) atoms. The number of likely N-dealkylation sites (tertiary alicyclic amines) is 1. The second kappa shape index (κ2) is 4.47. The first kappa shape index (κ1) is 10.9. The number of aliphatic hydroxyl groups is 2. The number of hydrogen-bond donors (Lipinski definition) is 3. The zero-order valence-corrected chi connectivity index (χ0v) is 8.72. The first-order valence-corrected chi connectivity index (χ1v) is 5.54. The molecule has 0 spiro atoms. The summed E-state index contributed by atoms with van der Waals surface area (Å²) >= 11 is 0. The number of β-amino-alcohol motifs (C(OH)–C–C–N with tert-alkyl or cyclic N) is 1. The minimum absolute atomic E-state index is 0.0643. The number of aliphatic hydroxyl groups excluding tert-OH is 2. The molecule has 2 unspecified atom stereocenters. The van der Waals surface area contributed by atoms with E-state index in [1.807, 2.05) is 0 Å². The normalized spacial score (nSPS) is 28.5. The molecule has 1 amide bonds. The molecule has 3 N–H and O–H groups in total. The predicted molar refractivity (Wildman–Crippen MR) is 54.2 cm³/mol. The van der Waals surface area contributed by atoms with Gasteiger partial charge in [0.25, 0.3) is 0 Å². The highest BCUT2D eigenvalue weighted by molar-refractivity contribution is 5.84. The Balaban J connectivity index is 1.80.